The van der Waals surface area contributed by atoms with Gasteiger partial charge in [-0.3, -0.25) is 9.59 Å². The maximum atomic E-state index is 14.4. The second-order valence-electron chi connectivity index (χ2n) is 12.0. The van der Waals surface area contributed by atoms with Gasteiger partial charge in [0, 0.05) is 13.1 Å². The topological polar surface area (TPSA) is 87.7 Å². The summed E-state index contributed by atoms with van der Waals surface area (Å²) in [5.74, 6) is -0.565. The molecule has 2 N–H and O–H groups in total. The number of alkyl carbamates (subject to hydrolysis) is 1. The lowest BCUT2D eigenvalue weighted by Gasteiger charge is -2.36. The predicted molar refractivity (Wildman–Crippen MR) is 164 cm³/mol. The van der Waals surface area contributed by atoms with E-state index in [2.05, 4.69) is 31.4 Å². The van der Waals surface area contributed by atoms with Crippen molar-refractivity contribution in [2.45, 2.75) is 137 Å². The predicted octanol–water partition coefficient (Wildman–Crippen LogP) is 7.33. The number of benzene rings is 1. The van der Waals surface area contributed by atoms with Crippen LogP contribution in [0.1, 0.15) is 130 Å². The number of ether oxygens (including phenoxy) is 1. The molecule has 1 aromatic rings. The number of hydrogen-bond donors (Lipinski definition) is 2. The van der Waals surface area contributed by atoms with Crippen LogP contribution in [0.5, 0.6) is 0 Å². The van der Waals surface area contributed by atoms with Gasteiger partial charge in [-0.05, 0) is 57.1 Å². The van der Waals surface area contributed by atoms with Crippen LogP contribution in [-0.2, 0) is 20.7 Å². The minimum atomic E-state index is -0.805. The number of carbonyl (C=O) groups excluding carboxylic acids is 3. The molecule has 0 fully saturated rings. The van der Waals surface area contributed by atoms with E-state index in [1.54, 1.807) is 25.7 Å². The number of rotatable bonds is 18. The summed E-state index contributed by atoms with van der Waals surface area (Å²) in [4.78, 5) is 42.7. The average molecular weight is 560 g/mol. The molecule has 7 heteroatoms. The minimum Gasteiger partial charge on any atom is -0.444 e. The van der Waals surface area contributed by atoms with Crippen molar-refractivity contribution in [3.63, 3.8) is 0 Å². The smallest absolute Gasteiger partial charge is 0.408 e. The van der Waals surface area contributed by atoms with Gasteiger partial charge in [-0.15, -0.1) is 0 Å². The van der Waals surface area contributed by atoms with Crippen molar-refractivity contribution >= 4 is 17.9 Å². The largest absolute Gasteiger partial charge is 0.444 e. The molecule has 1 rings (SSSR count). The first-order valence-electron chi connectivity index (χ1n) is 15.6. The Kier molecular flexibility index (Phi) is 16.6. The van der Waals surface area contributed by atoms with E-state index in [-0.39, 0.29) is 17.7 Å². The molecule has 40 heavy (non-hydrogen) atoms. The highest BCUT2D eigenvalue weighted by Crippen LogP contribution is 2.26. The van der Waals surface area contributed by atoms with Crippen molar-refractivity contribution in [2.75, 3.05) is 13.1 Å². The summed E-state index contributed by atoms with van der Waals surface area (Å²) >= 11 is 0. The lowest BCUT2D eigenvalue weighted by Crippen LogP contribution is -2.55. The molecule has 0 spiro atoms. The maximum Gasteiger partial charge on any atom is 0.408 e. The van der Waals surface area contributed by atoms with E-state index in [9.17, 15) is 14.4 Å². The fourth-order valence-corrected chi connectivity index (χ4v) is 4.64. The van der Waals surface area contributed by atoms with Gasteiger partial charge in [0.15, 0.2) is 0 Å². The van der Waals surface area contributed by atoms with E-state index in [0.29, 0.717) is 19.5 Å². The van der Waals surface area contributed by atoms with Crippen molar-refractivity contribution in [1.29, 1.82) is 0 Å². The highest BCUT2D eigenvalue weighted by Gasteiger charge is 2.37. The van der Waals surface area contributed by atoms with Gasteiger partial charge in [0.05, 0.1) is 0 Å². The van der Waals surface area contributed by atoms with Crippen LogP contribution in [0.25, 0.3) is 0 Å². The zero-order valence-corrected chi connectivity index (χ0v) is 26.6. The second kappa shape index (κ2) is 18.7. The third-order valence-corrected chi connectivity index (χ3v) is 7.28. The summed E-state index contributed by atoms with van der Waals surface area (Å²) in [5, 5.41) is 5.95. The zero-order valence-electron chi connectivity index (χ0n) is 26.6. The molecule has 0 aromatic heterocycles. The van der Waals surface area contributed by atoms with Crippen molar-refractivity contribution in [1.82, 2.24) is 15.5 Å². The Balaban J connectivity index is 3.46. The molecule has 1 aromatic carbocycles. The van der Waals surface area contributed by atoms with Crippen molar-refractivity contribution in [3.8, 4) is 0 Å². The first-order chi connectivity index (χ1) is 19.0. The van der Waals surface area contributed by atoms with Gasteiger partial charge in [-0.2, -0.15) is 0 Å². The van der Waals surface area contributed by atoms with Crippen LogP contribution in [0.2, 0.25) is 0 Å². The van der Waals surface area contributed by atoms with E-state index >= 15 is 0 Å². The lowest BCUT2D eigenvalue weighted by atomic mass is 9.95. The maximum absolute atomic E-state index is 14.4. The molecule has 3 unspecified atom stereocenters. The van der Waals surface area contributed by atoms with Crippen molar-refractivity contribution in [3.05, 3.63) is 35.4 Å². The quantitative estimate of drug-likeness (QED) is 0.184. The Morgan fingerprint density at radius 1 is 0.875 bits per heavy atom. The number of nitrogens with zero attached hydrogens (tertiary/aromatic N) is 1. The molecule has 0 saturated heterocycles. The number of carbonyl (C=O) groups is 3. The summed E-state index contributed by atoms with van der Waals surface area (Å²) in [6.45, 7) is 16.8. The second-order valence-corrected chi connectivity index (χ2v) is 12.0. The van der Waals surface area contributed by atoms with E-state index < -0.39 is 23.8 Å². The van der Waals surface area contributed by atoms with Crippen LogP contribution in [0.15, 0.2) is 24.3 Å². The van der Waals surface area contributed by atoms with Crippen molar-refractivity contribution in [2.24, 2.45) is 5.92 Å². The number of amides is 3. The number of nitrogens with one attached hydrogen (secondary N) is 2. The first-order valence-corrected chi connectivity index (χ1v) is 15.6. The highest BCUT2D eigenvalue weighted by atomic mass is 16.6. The third kappa shape index (κ3) is 12.7. The molecule has 0 aliphatic carbocycles. The van der Waals surface area contributed by atoms with E-state index in [1.165, 1.54) is 5.56 Å². The Labute approximate surface area is 244 Å². The molecule has 0 saturated carbocycles. The fourth-order valence-electron chi connectivity index (χ4n) is 4.64. The molecule has 0 aliphatic rings. The molecule has 228 valence electrons. The number of unbranched alkanes of at least 4 members (excludes halogenated alkanes) is 6. The SMILES string of the molecule is CCCCCCCN(C(=O)C(NC(=O)OC(C)(C)C)C(C)CC)C(C(=O)NCCCCC)c1ccc(CC)cc1. The molecular formula is C33H57N3O4. The van der Waals surface area contributed by atoms with E-state index in [1.807, 2.05) is 38.1 Å². The fraction of sp³-hybridized carbons (Fsp3) is 0.727. The number of aryl methyl sites for hydroxylation is 1. The summed E-state index contributed by atoms with van der Waals surface area (Å²) in [5.41, 5.74) is 1.27. The van der Waals surface area contributed by atoms with Crippen molar-refractivity contribution < 1.29 is 19.1 Å². The standard InChI is InChI=1S/C33H57N3O4/c1-9-13-15-16-18-24-36(31(38)28(25(5)11-3)35-32(39)40-33(6,7)8)29(30(37)34-23-17-14-10-2)27-21-19-26(12-4)20-22-27/h19-22,25,28-29H,9-18,23-24H2,1-8H3,(H,34,37)(H,35,39). The van der Waals surface area contributed by atoms with Gasteiger partial charge in [-0.1, -0.05) is 104 Å². The van der Waals surface area contributed by atoms with Crippen LogP contribution in [0.4, 0.5) is 4.79 Å². The Morgan fingerprint density at radius 2 is 1.48 bits per heavy atom. The molecule has 3 amide bonds. The highest BCUT2D eigenvalue weighted by molar-refractivity contribution is 5.92. The molecule has 3 atom stereocenters. The molecule has 0 heterocycles. The number of hydrogen-bond acceptors (Lipinski definition) is 4. The zero-order chi connectivity index (χ0) is 30.1. The third-order valence-electron chi connectivity index (χ3n) is 7.28. The summed E-state index contributed by atoms with van der Waals surface area (Å²) in [6.07, 6.45) is 9.07. The Morgan fingerprint density at radius 3 is 2.02 bits per heavy atom. The van der Waals surface area contributed by atoms with E-state index in [4.69, 9.17) is 4.74 Å². The monoisotopic (exact) mass is 559 g/mol. The molecule has 0 radical (unpaired) electrons. The van der Waals surface area contributed by atoms with Gasteiger partial charge in [0.25, 0.3) is 0 Å². The summed E-state index contributed by atoms with van der Waals surface area (Å²) in [6, 6.07) is 6.40. The normalized spacial score (nSPS) is 13.7. The minimum absolute atomic E-state index is 0.140. The van der Waals surface area contributed by atoms with Crippen LogP contribution in [0.3, 0.4) is 0 Å². The van der Waals surface area contributed by atoms with Crippen LogP contribution in [0, 0.1) is 5.92 Å². The van der Waals surface area contributed by atoms with Gasteiger partial charge in [0.2, 0.25) is 11.8 Å². The molecule has 0 bridgehead atoms. The van der Waals surface area contributed by atoms with Crippen LogP contribution < -0.4 is 10.6 Å². The Hall–Kier alpha value is -2.57. The summed E-state index contributed by atoms with van der Waals surface area (Å²) in [7, 11) is 0. The van der Waals surface area contributed by atoms with Gasteiger partial charge in [0.1, 0.15) is 17.7 Å². The van der Waals surface area contributed by atoms with Gasteiger partial charge >= 0.3 is 6.09 Å². The van der Waals surface area contributed by atoms with E-state index in [0.717, 1.165) is 63.4 Å². The average Bonchev–Trinajstić information content (AvgIpc) is 2.91. The Bertz CT molecular complexity index is 879. The molecule has 7 nitrogen and oxygen atoms in total. The molecular weight excluding hydrogens is 502 g/mol. The van der Waals surface area contributed by atoms with Gasteiger partial charge in [-0.25, -0.2) is 4.79 Å². The lowest BCUT2D eigenvalue weighted by molar-refractivity contribution is -0.143. The first kappa shape index (κ1) is 35.5. The molecule has 0 aliphatic heterocycles. The van der Waals surface area contributed by atoms with Crippen LogP contribution >= 0.6 is 0 Å². The summed E-state index contributed by atoms with van der Waals surface area (Å²) < 4.78 is 5.51. The van der Waals surface area contributed by atoms with Crippen LogP contribution in [-0.4, -0.2) is 47.5 Å². The van der Waals surface area contributed by atoms with Gasteiger partial charge < -0.3 is 20.3 Å².